The van der Waals surface area contributed by atoms with Gasteiger partial charge in [-0.05, 0) is 20.8 Å². The molecule has 11 heteroatoms. The van der Waals surface area contributed by atoms with Gasteiger partial charge in [0.05, 0.1) is 17.4 Å². The van der Waals surface area contributed by atoms with Crippen LogP contribution in [0.3, 0.4) is 0 Å². The van der Waals surface area contributed by atoms with E-state index in [9.17, 15) is 28.8 Å². The highest BCUT2D eigenvalue weighted by Gasteiger charge is 2.51. The standard InChI is InChI=1S/C14H19F2N5O4/c1-7(6-19-10(4)11(21(24)25)9(3)18-19)12(22)20-14(23,13(15)16)5-8(2)17-20/h7,13,23H,5-6H2,1-4H3/t7-,14+/m0/s1. The number of carbonyl (C=O) groups is 1. The summed E-state index contributed by atoms with van der Waals surface area (Å²) in [5.41, 5.74) is -2.16. The quantitative estimate of drug-likeness (QED) is 0.634. The zero-order valence-electron chi connectivity index (χ0n) is 14.2. The molecule has 9 nitrogen and oxygen atoms in total. The Bertz CT molecular complexity index is 748. The molecule has 0 saturated carbocycles. The van der Waals surface area contributed by atoms with Gasteiger partial charge in [-0.1, -0.05) is 6.92 Å². The van der Waals surface area contributed by atoms with Crippen LogP contribution in [0.2, 0.25) is 0 Å². The minimum Gasteiger partial charge on any atom is -0.364 e. The number of aliphatic hydroxyl groups is 1. The highest BCUT2D eigenvalue weighted by molar-refractivity contribution is 5.89. The van der Waals surface area contributed by atoms with Crippen molar-refractivity contribution >= 4 is 17.3 Å². The number of nitro groups is 1. The summed E-state index contributed by atoms with van der Waals surface area (Å²) in [6.45, 7) is 5.79. The molecule has 0 spiro atoms. The Morgan fingerprint density at radius 2 is 2.04 bits per heavy atom. The Morgan fingerprint density at radius 3 is 2.52 bits per heavy atom. The molecule has 138 valence electrons. The highest BCUT2D eigenvalue weighted by Crippen LogP contribution is 2.33. The summed E-state index contributed by atoms with van der Waals surface area (Å²) >= 11 is 0. The van der Waals surface area contributed by atoms with Crippen molar-refractivity contribution in [3.63, 3.8) is 0 Å². The van der Waals surface area contributed by atoms with Gasteiger partial charge in [-0.2, -0.15) is 15.2 Å². The third-order valence-electron chi connectivity index (χ3n) is 4.11. The maximum atomic E-state index is 13.2. The maximum absolute atomic E-state index is 13.2. The summed E-state index contributed by atoms with van der Waals surface area (Å²) < 4.78 is 27.7. The Morgan fingerprint density at radius 1 is 1.44 bits per heavy atom. The second-order valence-corrected chi connectivity index (χ2v) is 6.20. The molecule has 2 rings (SSSR count). The fourth-order valence-electron chi connectivity index (χ4n) is 2.83. The Kier molecular flexibility index (Phi) is 4.89. The molecular weight excluding hydrogens is 340 g/mol. The molecule has 1 aliphatic heterocycles. The van der Waals surface area contributed by atoms with Crippen molar-refractivity contribution in [1.29, 1.82) is 0 Å². The molecular formula is C14H19F2N5O4. The van der Waals surface area contributed by atoms with E-state index in [1.807, 2.05) is 0 Å². The van der Waals surface area contributed by atoms with Crippen molar-refractivity contribution in [2.24, 2.45) is 11.0 Å². The second kappa shape index (κ2) is 6.47. The van der Waals surface area contributed by atoms with Gasteiger partial charge in [0.2, 0.25) is 11.6 Å². The van der Waals surface area contributed by atoms with Crippen LogP contribution in [0, 0.1) is 29.9 Å². The number of amides is 1. The van der Waals surface area contributed by atoms with Crippen LogP contribution in [0.5, 0.6) is 0 Å². The number of halogens is 2. The van der Waals surface area contributed by atoms with Gasteiger partial charge in [-0.3, -0.25) is 19.6 Å². The third-order valence-corrected chi connectivity index (χ3v) is 4.11. The van der Waals surface area contributed by atoms with Crippen LogP contribution in [0.4, 0.5) is 14.5 Å². The number of hydrazone groups is 1. The zero-order chi connectivity index (χ0) is 19.1. The SMILES string of the molecule is CC1=NN(C(=O)[C@@H](C)Cn2nc(C)c([N+](=O)[O-])c2C)[C@](O)(C(F)F)C1. The number of alkyl halides is 2. The number of rotatable bonds is 5. The molecule has 0 radical (unpaired) electrons. The molecule has 0 aromatic carbocycles. The first-order chi connectivity index (χ1) is 11.5. The lowest BCUT2D eigenvalue weighted by atomic mass is 10.1. The third kappa shape index (κ3) is 3.23. The van der Waals surface area contributed by atoms with Crippen molar-refractivity contribution in [1.82, 2.24) is 14.8 Å². The molecule has 25 heavy (non-hydrogen) atoms. The van der Waals surface area contributed by atoms with Crippen molar-refractivity contribution < 1.29 is 23.6 Å². The lowest BCUT2D eigenvalue weighted by molar-refractivity contribution is -0.386. The molecule has 2 heterocycles. The van der Waals surface area contributed by atoms with Crippen LogP contribution >= 0.6 is 0 Å². The van der Waals surface area contributed by atoms with Crippen LogP contribution in [-0.2, 0) is 11.3 Å². The average Bonchev–Trinajstić information content (AvgIpc) is 2.95. The van der Waals surface area contributed by atoms with Gasteiger partial charge in [-0.25, -0.2) is 8.78 Å². The second-order valence-electron chi connectivity index (χ2n) is 6.20. The average molecular weight is 359 g/mol. The lowest BCUT2D eigenvalue weighted by Crippen LogP contribution is -2.53. The molecule has 1 aromatic rings. The minimum atomic E-state index is -3.18. The molecule has 0 aliphatic carbocycles. The number of hydrogen-bond donors (Lipinski definition) is 1. The molecule has 1 aromatic heterocycles. The van der Waals surface area contributed by atoms with Crippen molar-refractivity contribution in [3.8, 4) is 0 Å². The fourth-order valence-corrected chi connectivity index (χ4v) is 2.83. The van der Waals surface area contributed by atoms with Crippen molar-refractivity contribution in [2.75, 3.05) is 0 Å². The monoisotopic (exact) mass is 359 g/mol. The van der Waals surface area contributed by atoms with E-state index >= 15 is 0 Å². The van der Waals surface area contributed by atoms with Gasteiger partial charge >= 0.3 is 5.69 Å². The Balaban J connectivity index is 2.24. The highest BCUT2D eigenvalue weighted by atomic mass is 19.3. The number of hydrogen-bond acceptors (Lipinski definition) is 6. The number of aromatic nitrogens is 2. The van der Waals surface area contributed by atoms with E-state index in [1.165, 1.54) is 32.4 Å². The first kappa shape index (κ1) is 18.9. The van der Waals surface area contributed by atoms with Gasteiger partial charge < -0.3 is 5.11 Å². The van der Waals surface area contributed by atoms with Crippen LogP contribution in [0.15, 0.2) is 5.10 Å². The lowest BCUT2D eigenvalue weighted by Gasteiger charge is -2.31. The summed E-state index contributed by atoms with van der Waals surface area (Å²) in [5, 5.41) is 29.3. The predicted molar refractivity (Wildman–Crippen MR) is 83.0 cm³/mol. The van der Waals surface area contributed by atoms with Gasteiger partial charge in [0.1, 0.15) is 11.4 Å². The Hall–Kier alpha value is -2.43. The summed E-state index contributed by atoms with van der Waals surface area (Å²) in [5.74, 6) is -1.69. The fraction of sp³-hybridized carbons (Fsp3) is 0.643. The van der Waals surface area contributed by atoms with Gasteiger partial charge in [0, 0.05) is 12.1 Å². The smallest absolute Gasteiger partial charge is 0.312 e. The first-order valence-corrected chi connectivity index (χ1v) is 7.56. The van der Waals surface area contributed by atoms with Gasteiger partial charge in [0.25, 0.3) is 6.43 Å². The van der Waals surface area contributed by atoms with E-state index in [0.717, 1.165) is 0 Å². The van der Waals surface area contributed by atoms with E-state index in [-0.39, 0.29) is 29.3 Å². The first-order valence-electron chi connectivity index (χ1n) is 7.56. The largest absolute Gasteiger partial charge is 0.364 e. The van der Waals surface area contributed by atoms with Gasteiger partial charge in [0.15, 0.2) is 0 Å². The molecule has 0 saturated heterocycles. The topological polar surface area (TPSA) is 114 Å². The van der Waals surface area contributed by atoms with Gasteiger partial charge in [-0.15, -0.1) is 0 Å². The van der Waals surface area contributed by atoms with Crippen molar-refractivity contribution in [3.05, 3.63) is 21.5 Å². The summed E-state index contributed by atoms with van der Waals surface area (Å²) in [7, 11) is 0. The van der Waals surface area contributed by atoms with E-state index < -0.39 is 35.3 Å². The molecule has 0 unspecified atom stereocenters. The molecule has 0 bridgehead atoms. The van der Waals surface area contributed by atoms with E-state index in [1.54, 1.807) is 0 Å². The normalized spacial score (nSPS) is 21.6. The number of aryl methyl sites for hydroxylation is 1. The molecule has 0 fully saturated rings. The van der Waals surface area contributed by atoms with Crippen LogP contribution in [-0.4, -0.2) is 48.6 Å². The summed E-state index contributed by atoms with van der Waals surface area (Å²) in [6, 6.07) is 0. The Labute approximate surface area is 142 Å². The zero-order valence-corrected chi connectivity index (χ0v) is 14.2. The summed E-state index contributed by atoms with van der Waals surface area (Å²) in [6.07, 6.45) is -3.62. The van der Waals surface area contributed by atoms with Crippen molar-refractivity contribution in [2.45, 2.75) is 52.8 Å². The van der Waals surface area contributed by atoms with E-state index in [2.05, 4.69) is 10.2 Å². The van der Waals surface area contributed by atoms with E-state index in [4.69, 9.17) is 0 Å². The maximum Gasteiger partial charge on any atom is 0.312 e. The van der Waals surface area contributed by atoms with Crippen LogP contribution in [0.25, 0.3) is 0 Å². The number of carbonyl (C=O) groups excluding carboxylic acids is 1. The predicted octanol–water partition coefficient (Wildman–Crippen LogP) is 1.61. The number of nitrogens with zero attached hydrogens (tertiary/aromatic N) is 5. The molecule has 2 atom stereocenters. The molecule has 1 aliphatic rings. The molecule has 1 N–H and O–H groups in total. The van der Waals surface area contributed by atoms with Crippen LogP contribution in [0.1, 0.15) is 31.7 Å². The van der Waals surface area contributed by atoms with E-state index in [0.29, 0.717) is 5.01 Å². The summed E-state index contributed by atoms with van der Waals surface area (Å²) in [4.78, 5) is 23.0. The minimum absolute atomic E-state index is 0.0657. The molecule has 1 amide bonds. The van der Waals surface area contributed by atoms with Crippen LogP contribution < -0.4 is 0 Å².